The molecule has 7 heteroatoms. The Bertz CT molecular complexity index is 555. The Morgan fingerprint density at radius 1 is 1.50 bits per heavy atom. The Balaban J connectivity index is 2.46. The van der Waals surface area contributed by atoms with E-state index in [0.29, 0.717) is 10.0 Å². The molecule has 0 amide bonds. The number of aromatic nitrogens is 3. The van der Waals surface area contributed by atoms with Gasteiger partial charge in [0.15, 0.2) is 5.82 Å². The molecule has 1 aromatic heterocycles. The number of carboxylic acids is 1. The summed E-state index contributed by atoms with van der Waals surface area (Å²) in [6.07, 6.45) is 0. The quantitative estimate of drug-likeness (QED) is 0.885. The maximum Gasteiger partial charge on any atom is 0.373 e. The van der Waals surface area contributed by atoms with Crippen molar-refractivity contribution >= 4 is 21.9 Å². The molecule has 0 spiro atoms. The van der Waals surface area contributed by atoms with Gasteiger partial charge in [-0.3, -0.25) is 5.10 Å². The van der Waals surface area contributed by atoms with E-state index >= 15 is 0 Å². The average molecular weight is 286 g/mol. The fourth-order valence-electron chi connectivity index (χ4n) is 1.15. The molecule has 0 radical (unpaired) electrons. The van der Waals surface area contributed by atoms with E-state index in [1.807, 2.05) is 0 Å². The lowest BCUT2D eigenvalue weighted by Gasteiger charge is -1.98. The first-order valence-corrected chi connectivity index (χ1v) is 4.98. The molecule has 0 atom stereocenters. The van der Waals surface area contributed by atoms with E-state index in [1.165, 1.54) is 18.2 Å². The predicted molar refractivity (Wildman–Crippen MR) is 56.4 cm³/mol. The minimum atomic E-state index is -1.20. The highest BCUT2D eigenvalue weighted by atomic mass is 79.9. The number of halogens is 2. The van der Waals surface area contributed by atoms with Gasteiger partial charge in [-0.15, -0.1) is 0 Å². The van der Waals surface area contributed by atoms with Crippen LogP contribution in [0.4, 0.5) is 4.39 Å². The summed E-state index contributed by atoms with van der Waals surface area (Å²) in [6, 6.07) is 3.97. The monoisotopic (exact) mass is 285 g/mol. The fourth-order valence-corrected chi connectivity index (χ4v) is 1.68. The van der Waals surface area contributed by atoms with Crippen LogP contribution in [0.3, 0.4) is 0 Å². The molecule has 2 rings (SSSR count). The molecule has 0 saturated carbocycles. The first kappa shape index (κ1) is 10.7. The second kappa shape index (κ2) is 4.01. The van der Waals surface area contributed by atoms with Crippen molar-refractivity contribution in [1.29, 1.82) is 0 Å². The zero-order valence-corrected chi connectivity index (χ0v) is 9.32. The molecule has 0 saturated heterocycles. The van der Waals surface area contributed by atoms with Crippen molar-refractivity contribution in [1.82, 2.24) is 15.2 Å². The first-order valence-electron chi connectivity index (χ1n) is 4.19. The van der Waals surface area contributed by atoms with Gasteiger partial charge >= 0.3 is 5.97 Å². The summed E-state index contributed by atoms with van der Waals surface area (Å²) in [7, 11) is 0. The van der Waals surface area contributed by atoms with E-state index in [0.717, 1.165) is 0 Å². The molecule has 2 N–H and O–H groups in total. The van der Waals surface area contributed by atoms with Crippen LogP contribution in [0, 0.1) is 5.82 Å². The zero-order chi connectivity index (χ0) is 11.7. The van der Waals surface area contributed by atoms with Crippen LogP contribution in [0.5, 0.6) is 0 Å². The number of aromatic amines is 1. The highest BCUT2D eigenvalue weighted by molar-refractivity contribution is 9.10. The summed E-state index contributed by atoms with van der Waals surface area (Å²) in [5, 5.41) is 14.7. The van der Waals surface area contributed by atoms with Crippen LogP contribution < -0.4 is 0 Å². The van der Waals surface area contributed by atoms with E-state index in [4.69, 9.17) is 5.11 Å². The molecule has 1 heterocycles. The Morgan fingerprint density at radius 3 is 2.81 bits per heavy atom. The van der Waals surface area contributed by atoms with Crippen molar-refractivity contribution in [3.05, 3.63) is 34.3 Å². The lowest BCUT2D eigenvalue weighted by atomic mass is 10.2. The van der Waals surface area contributed by atoms with Crippen LogP contribution in [-0.4, -0.2) is 26.3 Å². The minimum absolute atomic E-state index is 0.198. The van der Waals surface area contributed by atoms with Crippen LogP contribution >= 0.6 is 15.9 Å². The minimum Gasteiger partial charge on any atom is -0.475 e. The first-order chi connectivity index (χ1) is 7.58. The topological polar surface area (TPSA) is 78.9 Å². The normalized spacial score (nSPS) is 10.4. The van der Waals surface area contributed by atoms with Gasteiger partial charge in [-0.25, -0.2) is 14.2 Å². The number of carboxylic acid groups (broad SMARTS) is 1. The summed E-state index contributed by atoms with van der Waals surface area (Å²) >= 11 is 3.15. The lowest BCUT2D eigenvalue weighted by Crippen LogP contribution is -1.98. The van der Waals surface area contributed by atoms with E-state index in [9.17, 15) is 9.18 Å². The maximum absolute atomic E-state index is 12.8. The molecular weight excluding hydrogens is 281 g/mol. The molecule has 16 heavy (non-hydrogen) atoms. The molecule has 0 unspecified atom stereocenters. The van der Waals surface area contributed by atoms with Gasteiger partial charge in [-0.05, 0) is 34.1 Å². The highest BCUT2D eigenvalue weighted by Gasteiger charge is 2.13. The number of nitrogens with zero attached hydrogens (tertiary/aromatic N) is 2. The lowest BCUT2D eigenvalue weighted by molar-refractivity contribution is 0.0684. The number of rotatable bonds is 2. The molecule has 0 bridgehead atoms. The number of hydrogen-bond acceptors (Lipinski definition) is 3. The summed E-state index contributed by atoms with van der Waals surface area (Å²) < 4.78 is 13.3. The zero-order valence-electron chi connectivity index (χ0n) is 7.74. The van der Waals surface area contributed by atoms with E-state index in [1.54, 1.807) is 0 Å². The number of aromatic carboxylic acids is 1. The Labute approximate surface area is 97.5 Å². The molecule has 0 aliphatic heterocycles. The van der Waals surface area contributed by atoms with Gasteiger partial charge in [0.05, 0.1) is 0 Å². The van der Waals surface area contributed by atoms with Crippen molar-refractivity contribution in [3.63, 3.8) is 0 Å². The number of hydrogen-bond donors (Lipinski definition) is 2. The largest absolute Gasteiger partial charge is 0.475 e. The molecule has 0 aliphatic rings. The number of nitrogens with one attached hydrogen (secondary N) is 1. The Hall–Kier alpha value is -1.76. The maximum atomic E-state index is 12.8. The number of benzene rings is 1. The molecule has 2 aromatic rings. The van der Waals surface area contributed by atoms with Gasteiger partial charge in [0.25, 0.3) is 0 Å². The number of carbonyl (C=O) groups is 1. The van der Waals surface area contributed by atoms with Crippen molar-refractivity contribution in [2.75, 3.05) is 0 Å². The van der Waals surface area contributed by atoms with E-state index < -0.39 is 11.8 Å². The molecule has 1 aromatic carbocycles. The van der Waals surface area contributed by atoms with Crippen LogP contribution in [0.15, 0.2) is 22.7 Å². The van der Waals surface area contributed by atoms with Crippen molar-refractivity contribution < 1.29 is 14.3 Å². The van der Waals surface area contributed by atoms with Crippen molar-refractivity contribution in [3.8, 4) is 11.4 Å². The summed E-state index contributed by atoms with van der Waals surface area (Å²) in [5.74, 6) is -1.66. The standard InChI is InChI=1S/C9H5BrFN3O2/c10-6-3-4(11)1-2-5(6)7-12-8(9(15)16)14-13-7/h1-3H,(H,15,16)(H,12,13,14). The van der Waals surface area contributed by atoms with Gasteiger partial charge in [0.1, 0.15) is 5.82 Å². The van der Waals surface area contributed by atoms with Crippen LogP contribution in [0.2, 0.25) is 0 Å². The second-order valence-electron chi connectivity index (χ2n) is 2.94. The molecule has 0 fully saturated rings. The summed E-state index contributed by atoms with van der Waals surface area (Å²) in [4.78, 5) is 14.3. The van der Waals surface area contributed by atoms with E-state index in [2.05, 4.69) is 31.1 Å². The molecule has 5 nitrogen and oxygen atoms in total. The van der Waals surface area contributed by atoms with Gasteiger partial charge in [0, 0.05) is 10.0 Å². The van der Waals surface area contributed by atoms with Gasteiger partial charge in [0.2, 0.25) is 5.82 Å². The van der Waals surface area contributed by atoms with Gasteiger partial charge in [-0.1, -0.05) is 0 Å². The second-order valence-corrected chi connectivity index (χ2v) is 3.79. The van der Waals surface area contributed by atoms with Gasteiger partial charge < -0.3 is 5.11 Å². The number of H-pyrrole nitrogens is 1. The van der Waals surface area contributed by atoms with E-state index in [-0.39, 0.29) is 11.6 Å². The third kappa shape index (κ3) is 1.94. The highest BCUT2D eigenvalue weighted by Crippen LogP contribution is 2.26. The third-order valence-corrected chi connectivity index (χ3v) is 2.52. The summed E-state index contributed by atoms with van der Waals surface area (Å²) in [6.45, 7) is 0. The van der Waals surface area contributed by atoms with Crippen LogP contribution in [-0.2, 0) is 0 Å². The molecular formula is C9H5BrFN3O2. The smallest absolute Gasteiger partial charge is 0.373 e. The summed E-state index contributed by atoms with van der Waals surface area (Å²) in [5.41, 5.74) is 0.519. The Kier molecular flexibility index (Phi) is 2.69. The Morgan fingerprint density at radius 2 is 2.25 bits per heavy atom. The molecule has 82 valence electrons. The predicted octanol–water partition coefficient (Wildman–Crippen LogP) is 2.07. The SMILES string of the molecule is O=C(O)c1nc(-c2ccc(F)cc2Br)n[nH]1. The van der Waals surface area contributed by atoms with Crippen LogP contribution in [0.25, 0.3) is 11.4 Å². The van der Waals surface area contributed by atoms with Crippen LogP contribution in [0.1, 0.15) is 10.6 Å². The van der Waals surface area contributed by atoms with Gasteiger partial charge in [-0.2, -0.15) is 5.10 Å². The molecule has 0 aliphatic carbocycles. The van der Waals surface area contributed by atoms with Crippen molar-refractivity contribution in [2.24, 2.45) is 0 Å². The fraction of sp³-hybridized carbons (Fsp3) is 0. The average Bonchev–Trinajstić information content (AvgIpc) is 2.66. The third-order valence-electron chi connectivity index (χ3n) is 1.86. The van der Waals surface area contributed by atoms with Crippen molar-refractivity contribution in [2.45, 2.75) is 0 Å².